The molecule has 0 aromatic carbocycles. The largest absolute Gasteiger partial charge is 0.365 e. The van der Waals surface area contributed by atoms with E-state index in [4.69, 9.17) is 0 Å². The van der Waals surface area contributed by atoms with Gasteiger partial charge >= 0.3 is 0 Å². The number of halogens is 1. The molecule has 0 radical (unpaired) electrons. The number of aromatic nitrogens is 1. The average molecular weight is 296 g/mol. The number of anilines is 2. The van der Waals surface area contributed by atoms with Gasteiger partial charge in [-0.2, -0.15) is 0 Å². The summed E-state index contributed by atoms with van der Waals surface area (Å²) in [5.41, 5.74) is 0.777. The second-order valence-electron chi connectivity index (χ2n) is 4.68. The Hall–Kier alpha value is -1.10. The lowest BCUT2D eigenvalue weighted by atomic mass is 9.84. The number of hydrogen-bond donors (Lipinski definition) is 2. The van der Waals surface area contributed by atoms with Gasteiger partial charge in [-0.25, -0.2) is 4.98 Å². The van der Waals surface area contributed by atoms with Gasteiger partial charge in [0.1, 0.15) is 5.82 Å². The number of carbonyl (C=O) groups excluding carboxylic acids is 1. The number of carbonyl (C=O) groups is 1. The Morgan fingerprint density at radius 1 is 1.35 bits per heavy atom. The van der Waals surface area contributed by atoms with Gasteiger partial charge in [0.05, 0.1) is 11.6 Å². The number of amides is 1. The molecule has 1 aromatic heterocycles. The van der Waals surface area contributed by atoms with Crippen LogP contribution >= 0.6 is 15.9 Å². The van der Waals surface area contributed by atoms with Crippen LogP contribution in [0.3, 0.4) is 0 Å². The van der Waals surface area contributed by atoms with E-state index >= 15 is 0 Å². The molecule has 5 heteroatoms. The van der Waals surface area contributed by atoms with Crippen LogP contribution in [0.15, 0.2) is 16.7 Å². The van der Waals surface area contributed by atoms with Crippen molar-refractivity contribution in [3.8, 4) is 0 Å². The average Bonchev–Trinajstić information content (AvgIpc) is 2.46. The van der Waals surface area contributed by atoms with Crippen molar-refractivity contribution < 1.29 is 4.79 Å². The van der Waals surface area contributed by atoms with Crippen molar-refractivity contribution in [3.63, 3.8) is 0 Å². The Balaban J connectivity index is 1.97. The summed E-state index contributed by atoms with van der Waals surface area (Å²) < 4.78 is 0.878. The number of nitrogens with one attached hydrogen (secondary N) is 2. The molecule has 2 aliphatic rings. The van der Waals surface area contributed by atoms with E-state index in [9.17, 15) is 4.79 Å². The van der Waals surface area contributed by atoms with Crippen LogP contribution in [0.5, 0.6) is 0 Å². The van der Waals surface area contributed by atoms with Gasteiger partial charge in [-0.3, -0.25) is 4.79 Å². The molecule has 2 heterocycles. The predicted octanol–water partition coefficient (Wildman–Crippen LogP) is 2.77. The fourth-order valence-corrected chi connectivity index (χ4v) is 3.00. The first-order valence-corrected chi connectivity index (χ1v) is 6.76. The lowest BCUT2D eigenvalue weighted by Gasteiger charge is -2.28. The highest BCUT2D eigenvalue weighted by molar-refractivity contribution is 9.10. The van der Waals surface area contributed by atoms with Crippen LogP contribution in [0.4, 0.5) is 11.5 Å². The molecule has 4 nitrogen and oxygen atoms in total. The molecule has 2 unspecified atom stereocenters. The molecule has 2 N–H and O–H groups in total. The zero-order chi connectivity index (χ0) is 11.8. The van der Waals surface area contributed by atoms with Crippen molar-refractivity contribution in [1.82, 2.24) is 4.98 Å². The lowest BCUT2D eigenvalue weighted by molar-refractivity contribution is -0.120. The summed E-state index contributed by atoms with van der Waals surface area (Å²) in [5.74, 6) is 0.994. The Morgan fingerprint density at radius 2 is 2.18 bits per heavy atom. The molecule has 1 aliphatic carbocycles. The minimum absolute atomic E-state index is 0.0803. The highest BCUT2D eigenvalue weighted by Gasteiger charge is 2.34. The lowest BCUT2D eigenvalue weighted by Crippen LogP contribution is -2.37. The summed E-state index contributed by atoms with van der Waals surface area (Å²) in [6.45, 7) is 0. The summed E-state index contributed by atoms with van der Waals surface area (Å²) in [6, 6.07) is 2.13. The van der Waals surface area contributed by atoms with Crippen LogP contribution < -0.4 is 10.6 Å². The fraction of sp³-hybridized carbons (Fsp3) is 0.500. The van der Waals surface area contributed by atoms with E-state index in [-0.39, 0.29) is 17.9 Å². The maximum absolute atomic E-state index is 12.1. The molecule has 1 saturated carbocycles. The van der Waals surface area contributed by atoms with Crippen LogP contribution in [0.2, 0.25) is 0 Å². The van der Waals surface area contributed by atoms with E-state index in [0.717, 1.165) is 35.2 Å². The molecule has 1 fully saturated rings. The summed E-state index contributed by atoms with van der Waals surface area (Å²) in [4.78, 5) is 16.5. The quantitative estimate of drug-likeness (QED) is 0.774. The van der Waals surface area contributed by atoms with Crippen LogP contribution in [-0.2, 0) is 4.79 Å². The second-order valence-corrected chi connectivity index (χ2v) is 5.60. The number of rotatable bonds is 0. The Morgan fingerprint density at radius 3 is 3.06 bits per heavy atom. The zero-order valence-corrected chi connectivity index (χ0v) is 11.0. The highest BCUT2D eigenvalue weighted by Crippen LogP contribution is 2.34. The van der Waals surface area contributed by atoms with Crippen molar-refractivity contribution >= 4 is 33.3 Å². The van der Waals surface area contributed by atoms with Crippen molar-refractivity contribution in [2.75, 3.05) is 10.6 Å². The standard InChI is InChI=1S/C12H14BrN3O/c13-7-5-10-11(14-6-7)15-9-4-2-1-3-8(9)12(17)16-10/h5-6,8-9H,1-4H2,(H,14,15)(H,16,17). The van der Waals surface area contributed by atoms with Gasteiger partial charge < -0.3 is 10.6 Å². The molecule has 0 spiro atoms. The Labute approximate surface area is 108 Å². The van der Waals surface area contributed by atoms with E-state index < -0.39 is 0 Å². The Bertz CT molecular complexity index is 463. The monoisotopic (exact) mass is 295 g/mol. The van der Waals surface area contributed by atoms with Gasteiger partial charge in [-0.1, -0.05) is 12.8 Å². The number of hydrogen-bond acceptors (Lipinski definition) is 3. The summed E-state index contributed by atoms with van der Waals surface area (Å²) >= 11 is 3.37. The van der Waals surface area contributed by atoms with Crippen molar-refractivity contribution in [1.29, 1.82) is 0 Å². The normalized spacial score (nSPS) is 27.2. The second kappa shape index (κ2) is 4.29. The first-order chi connectivity index (χ1) is 8.24. The van der Waals surface area contributed by atoms with Crippen molar-refractivity contribution in [2.24, 2.45) is 5.92 Å². The molecular weight excluding hydrogens is 282 g/mol. The molecule has 1 amide bonds. The first kappa shape index (κ1) is 11.0. The van der Waals surface area contributed by atoms with Gasteiger partial charge in [0, 0.05) is 16.7 Å². The fourth-order valence-electron chi connectivity index (χ4n) is 2.67. The number of fused-ring (bicyclic) bond motifs is 2. The first-order valence-electron chi connectivity index (χ1n) is 5.97. The van der Waals surface area contributed by atoms with E-state index in [1.54, 1.807) is 6.20 Å². The third-order valence-electron chi connectivity index (χ3n) is 3.54. The maximum atomic E-state index is 12.1. The van der Waals surface area contributed by atoms with Crippen LogP contribution in [0, 0.1) is 5.92 Å². The molecule has 1 aliphatic heterocycles. The van der Waals surface area contributed by atoms with Gasteiger partial charge in [-0.05, 0) is 34.8 Å². The van der Waals surface area contributed by atoms with Crippen LogP contribution in [0.25, 0.3) is 0 Å². The molecule has 90 valence electrons. The summed E-state index contributed by atoms with van der Waals surface area (Å²) in [7, 11) is 0. The zero-order valence-electron chi connectivity index (χ0n) is 9.37. The van der Waals surface area contributed by atoms with Crippen molar-refractivity contribution in [2.45, 2.75) is 31.7 Å². The van der Waals surface area contributed by atoms with Crippen molar-refractivity contribution in [3.05, 3.63) is 16.7 Å². The Kier molecular flexibility index (Phi) is 2.78. The summed E-state index contributed by atoms with van der Waals surface area (Å²) in [5, 5.41) is 6.37. The molecule has 1 aromatic rings. The molecule has 3 rings (SSSR count). The third-order valence-corrected chi connectivity index (χ3v) is 3.97. The van der Waals surface area contributed by atoms with E-state index in [1.807, 2.05) is 6.07 Å². The van der Waals surface area contributed by atoms with E-state index in [1.165, 1.54) is 6.42 Å². The summed E-state index contributed by atoms with van der Waals surface area (Å²) in [6.07, 6.45) is 6.10. The van der Waals surface area contributed by atoms with E-state index in [2.05, 4.69) is 31.5 Å². The van der Waals surface area contributed by atoms with E-state index in [0.29, 0.717) is 0 Å². The molecule has 17 heavy (non-hydrogen) atoms. The minimum Gasteiger partial charge on any atom is -0.365 e. The predicted molar refractivity (Wildman–Crippen MR) is 69.9 cm³/mol. The van der Waals surface area contributed by atoms with Crippen LogP contribution in [-0.4, -0.2) is 16.9 Å². The SMILES string of the molecule is O=C1Nc2cc(Br)cnc2NC2CCCCC12. The topological polar surface area (TPSA) is 54.0 Å². The van der Waals surface area contributed by atoms with Gasteiger partial charge in [-0.15, -0.1) is 0 Å². The molecule has 0 bridgehead atoms. The number of pyridine rings is 1. The molecular formula is C12H14BrN3O. The van der Waals surface area contributed by atoms with Gasteiger partial charge in [0.2, 0.25) is 5.91 Å². The smallest absolute Gasteiger partial charge is 0.229 e. The third kappa shape index (κ3) is 2.04. The molecule has 2 atom stereocenters. The number of nitrogens with zero attached hydrogens (tertiary/aromatic N) is 1. The van der Waals surface area contributed by atoms with Gasteiger partial charge in [0.15, 0.2) is 0 Å². The molecule has 0 saturated heterocycles. The minimum atomic E-state index is 0.0803. The maximum Gasteiger partial charge on any atom is 0.229 e. The highest BCUT2D eigenvalue weighted by atomic mass is 79.9. The van der Waals surface area contributed by atoms with Gasteiger partial charge in [0.25, 0.3) is 0 Å². The van der Waals surface area contributed by atoms with Crippen LogP contribution in [0.1, 0.15) is 25.7 Å².